The van der Waals surface area contributed by atoms with Gasteiger partial charge in [-0.2, -0.15) is 0 Å². The van der Waals surface area contributed by atoms with E-state index >= 15 is 0 Å². The minimum Gasteiger partial charge on any atom is -0.401 e. The fourth-order valence-electron chi connectivity index (χ4n) is 0.185. The molecule has 0 saturated heterocycles. The summed E-state index contributed by atoms with van der Waals surface area (Å²) < 4.78 is 0. The Morgan fingerprint density at radius 2 is 2.29 bits per heavy atom. The Morgan fingerprint density at radius 1 is 1.86 bits per heavy atom. The second-order valence-corrected chi connectivity index (χ2v) is 1.59. The van der Waals surface area contributed by atoms with Crippen LogP contribution < -0.4 is 11.1 Å². The summed E-state index contributed by atoms with van der Waals surface area (Å²) >= 11 is 0. The second-order valence-electron chi connectivity index (χ2n) is 1.59. The minimum atomic E-state index is 0.236. The molecule has 1 atom stereocenters. The van der Waals surface area contributed by atoms with Gasteiger partial charge in [-0.1, -0.05) is 6.58 Å². The van der Waals surface area contributed by atoms with Gasteiger partial charge < -0.3 is 11.1 Å². The van der Waals surface area contributed by atoms with Crippen molar-refractivity contribution in [1.29, 1.82) is 0 Å². The van der Waals surface area contributed by atoms with Crippen molar-refractivity contribution in [1.82, 2.24) is 5.32 Å². The lowest BCUT2D eigenvalue weighted by atomic mass is 10.3. The standard InChI is InChI=1S/C5H12N2/c1-4(6)5(2)7-3/h5,7H,1,6H2,2-3H3/t5-/m1/s1. The van der Waals surface area contributed by atoms with Gasteiger partial charge >= 0.3 is 0 Å². The highest BCUT2D eigenvalue weighted by molar-refractivity contribution is 4.96. The van der Waals surface area contributed by atoms with Crippen LogP contribution in [-0.4, -0.2) is 13.1 Å². The van der Waals surface area contributed by atoms with Crippen LogP contribution in [0.15, 0.2) is 12.3 Å². The maximum absolute atomic E-state index is 5.29. The first-order valence-corrected chi connectivity index (χ1v) is 2.30. The SMILES string of the molecule is C=C(N)[C@@H](C)NC. The van der Waals surface area contributed by atoms with Crippen molar-refractivity contribution in [2.24, 2.45) is 5.73 Å². The summed E-state index contributed by atoms with van der Waals surface area (Å²) in [5, 5.41) is 2.94. The van der Waals surface area contributed by atoms with Crippen LogP contribution in [0.2, 0.25) is 0 Å². The van der Waals surface area contributed by atoms with E-state index in [4.69, 9.17) is 5.73 Å². The molecule has 0 heterocycles. The van der Waals surface area contributed by atoms with Gasteiger partial charge in [0.15, 0.2) is 0 Å². The van der Waals surface area contributed by atoms with Gasteiger partial charge in [-0.3, -0.25) is 0 Å². The lowest BCUT2D eigenvalue weighted by molar-refractivity contribution is 0.687. The average Bonchev–Trinajstić information content (AvgIpc) is 1.65. The Morgan fingerprint density at radius 3 is 2.29 bits per heavy atom. The third-order valence-electron chi connectivity index (χ3n) is 0.989. The van der Waals surface area contributed by atoms with E-state index in [1.807, 2.05) is 14.0 Å². The first-order chi connectivity index (χ1) is 3.18. The average molecular weight is 100 g/mol. The highest BCUT2D eigenvalue weighted by Gasteiger charge is 1.94. The van der Waals surface area contributed by atoms with Crippen LogP contribution in [0, 0.1) is 0 Å². The highest BCUT2D eigenvalue weighted by atomic mass is 14.9. The molecule has 2 heteroatoms. The largest absolute Gasteiger partial charge is 0.401 e. The Hall–Kier alpha value is -0.500. The molecule has 42 valence electrons. The fraction of sp³-hybridized carbons (Fsp3) is 0.600. The maximum atomic E-state index is 5.29. The molecule has 0 saturated carbocycles. The zero-order valence-electron chi connectivity index (χ0n) is 4.86. The quantitative estimate of drug-likeness (QED) is 0.515. The first-order valence-electron chi connectivity index (χ1n) is 2.30. The minimum absolute atomic E-state index is 0.236. The number of nitrogens with one attached hydrogen (secondary N) is 1. The maximum Gasteiger partial charge on any atom is 0.0430 e. The zero-order chi connectivity index (χ0) is 5.86. The smallest absolute Gasteiger partial charge is 0.0430 e. The molecule has 0 spiro atoms. The molecule has 0 aromatic carbocycles. The molecule has 0 aromatic rings. The molecule has 0 aromatic heterocycles. The molecule has 0 radical (unpaired) electrons. The van der Waals surface area contributed by atoms with Gasteiger partial charge in [-0.15, -0.1) is 0 Å². The van der Waals surface area contributed by atoms with E-state index in [1.165, 1.54) is 0 Å². The molecule has 7 heavy (non-hydrogen) atoms. The van der Waals surface area contributed by atoms with E-state index in [1.54, 1.807) is 0 Å². The number of nitrogens with two attached hydrogens (primary N) is 1. The first kappa shape index (κ1) is 6.50. The van der Waals surface area contributed by atoms with Crippen LogP contribution in [0.3, 0.4) is 0 Å². The molecule has 2 nitrogen and oxygen atoms in total. The molecule has 0 aliphatic carbocycles. The number of hydrogen-bond donors (Lipinski definition) is 2. The van der Waals surface area contributed by atoms with E-state index in [2.05, 4.69) is 11.9 Å². The van der Waals surface area contributed by atoms with E-state index < -0.39 is 0 Å². The Labute approximate surface area is 44.4 Å². The molecule has 0 bridgehead atoms. The molecule has 0 unspecified atom stereocenters. The highest BCUT2D eigenvalue weighted by Crippen LogP contribution is 1.84. The van der Waals surface area contributed by atoms with Crippen LogP contribution in [0.5, 0.6) is 0 Å². The number of rotatable bonds is 2. The molecular weight excluding hydrogens is 88.1 g/mol. The predicted octanol–water partition coefficient (Wildman–Crippen LogP) is 0.0667. The lowest BCUT2D eigenvalue weighted by Gasteiger charge is -2.06. The van der Waals surface area contributed by atoms with E-state index in [9.17, 15) is 0 Å². The molecule has 0 rings (SSSR count). The summed E-state index contributed by atoms with van der Waals surface area (Å²) in [6.07, 6.45) is 0. The third kappa shape index (κ3) is 2.23. The Balaban J connectivity index is 3.34. The fourth-order valence-corrected chi connectivity index (χ4v) is 0.185. The van der Waals surface area contributed by atoms with Crippen molar-refractivity contribution < 1.29 is 0 Å². The van der Waals surface area contributed by atoms with Gasteiger partial charge in [0.25, 0.3) is 0 Å². The normalized spacial score (nSPS) is 13.4. The van der Waals surface area contributed by atoms with Crippen LogP contribution in [-0.2, 0) is 0 Å². The molecule has 0 aliphatic heterocycles. The van der Waals surface area contributed by atoms with Crippen molar-refractivity contribution >= 4 is 0 Å². The van der Waals surface area contributed by atoms with Crippen molar-refractivity contribution in [2.75, 3.05) is 7.05 Å². The molecule has 0 fully saturated rings. The molecule has 0 amide bonds. The van der Waals surface area contributed by atoms with Crippen LogP contribution >= 0.6 is 0 Å². The van der Waals surface area contributed by atoms with Crippen LogP contribution in [0.25, 0.3) is 0 Å². The van der Waals surface area contributed by atoms with E-state index in [0.717, 1.165) is 0 Å². The monoisotopic (exact) mass is 100 g/mol. The summed E-state index contributed by atoms with van der Waals surface area (Å²) in [6, 6.07) is 0.236. The van der Waals surface area contributed by atoms with E-state index in [-0.39, 0.29) is 6.04 Å². The van der Waals surface area contributed by atoms with Gasteiger partial charge in [0, 0.05) is 11.7 Å². The third-order valence-corrected chi connectivity index (χ3v) is 0.989. The second kappa shape index (κ2) is 2.64. The predicted molar refractivity (Wildman–Crippen MR) is 31.8 cm³/mol. The topological polar surface area (TPSA) is 38.0 Å². The molecule has 0 aliphatic rings. The molecule has 3 N–H and O–H groups in total. The van der Waals surface area contributed by atoms with Gasteiger partial charge in [0.05, 0.1) is 0 Å². The summed E-state index contributed by atoms with van der Waals surface area (Å²) in [7, 11) is 1.85. The number of hydrogen-bond acceptors (Lipinski definition) is 2. The number of likely N-dealkylation sites (N-methyl/N-ethyl adjacent to an activating group) is 1. The van der Waals surface area contributed by atoms with Gasteiger partial charge in [-0.05, 0) is 14.0 Å². The Kier molecular flexibility index (Phi) is 2.45. The van der Waals surface area contributed by atoms with Crippen molar-refractivity contribution in [3.8, 4) is 0 Å². The van der Waals surface area contributed by atoms with Crippen LogP contribution in [0.4, 0.5) is 0 Å². The summed E-state index contributed by atoms with van der Waals surface area (Å²) in [5.74, 6) is 0. The molecular formula is C5H12N2. The van der Waals surface area contributed by atoms with Crippen molar-refractivity contribution in [3.63, 3.8) is 0 Å². The summed E-state index contributed by atoms with van der Waals surface area (Å²) in [6.45, 7) is 5.50. The van der Waals surface area contributed by atoms with E-state index in [0.29, 0.717) is 5.70 Å². The van der Waals surface area contributed by atoms with Gasteiger partial charge in [0.2, 0.25) is 0 Å². The summed E-state index contributed by atoms with van der Waals surface area (Å²) in [5.41, 5.74) is 5.97. The Bertz CT molecular complexity index is 68.5. The van der Waals surface area contributed by atoms with Gasteiger partial charge in [-0.25, -0.2) is 0 Å². The summed E-state index contributed by atoms with van der Waals surface area (Å²) in [4.78, 5) is 0. The van der Waals surface area contributed by atoms with Crippen molar-refractivity contribution in [3.05, 3.63) is 12.3 Å². The van der Waals surface area contributed by atoms with Crippen molar-refractivity contribution in [2.45, 2.75) is 13.0 Å². The lowest BCUT2D eigenvalue weighted by Crippen LogP contribution is -2.26. The zero-order valence-corrected chi connectivity index (χ0v) is 4.86. The van der Waals surface area contributed by atoms with Crippen LogP contribution in [0.1, 0.15) is 6.92 Å². The van der Waals surface area contributed by atoms with Gasteiger partial charge in [0.1, 0.15) is 0 Å².